The molecule has 11 heavy (non-hydrogen) atoms. The number of hydrogen-bond donors (Lipinski definition) is 1. The Morgan fingerprint density at radius 1 is 1.36 bits per heavy atom. The zero-order valence-electron chi connectivity index (χ0n) is 7.65. The molecule has 0 saturated heterocycles. The highest BCUT2D eigenvalue weighted by molar-refractivity contribution is 6.17. The molecule has 1 nitrogen and oxygen atoms in total. The van der Waals surface area contributed by atoms with E-state index in [1.54, 1.807) is 0 Å². The third kappa shape index (κ3) is 25.6. The monoisotopic (exact) mass is 177 g/mol. The molecule has 68 valence electrons. The van der Waals surface area contributed by atoms with E-state index in [0.29, 0.717) is 6.54 Å². The van der Waals surface area contributed by atoms with Crippen molar-refractivity contribution >= 4 is 11.6 Å². The Morgan fingerprint density at radius 2 is 2.00 bits per heavy atom. The molecule has 0 aromatic rings. The highest BCUT2D eigenvalue weighted by atomic mass is 35.5. The second-order valence-corrected chi connectivity index (χ2v) is 2.58. The van der Waals surface area contributed by atoms with Gasteiger partial charge < -0.3 is 5.73 Å². The topological polar surface area (TPSA) is 26.0 Å². The zero-order chi connectivity index (χ0) is 8.95. The molecule has 0 aliphatic heterocycles. The van der Waals surface area contributed by atoms with Crippen LogP contribution in [-0.4, -0.2) is 12.4 Å². The van der Waals surface area contributed by atoms with Crippen LogP contribution in [0.5, 0.6) is 0 Å². The standard InChI is InChI=1S/C5H11Cl.C4H9N/c1-2-3-4-5-6;1-2-3-4-5/h2-5H2,1H3;2-3H,4-5H2,1H3. The Bertz CT molecular complexity index is 68.0. The van der Waals surface area contributed by atoms with E-state index in [4.69, 9.17) is 17.3 Å². The molecule has 0 radical (unpaired) electrons. The molecule has 0 bridgehead atoms. The van der Waals surface area contributed by atoms with E-state index in [2.05, 4.69) is 6.92 Å². The van der Waals surface area contributed by atoms with Gasteiger partial charge in [-0.2, -0.15) is 0 Å². The zero-order valence-corrected chi connectivity index (χ0v) is 8.40. The number of halogens is 1. The van der Waals surface area contributed by atoms with E-state index in [-0.39, 0.29) is 0 Å². The minimum absolute atomic E-state index is 0.663. The van der Waals surface area contributed by atoms with Gasteiger partial charge in [-0.15, -0.1) is 11.6 Å². The van der Waals surface area contributed by atoms with Crippen molar-refractivity contribution in [2.75, 3.05) is 12.4 Å². The molecule has 2 heteroatoms. The summed E-state index contributed by atoms with van der Waals surface area (Å²) in [6.45, 7) is 4.79. The summed E-state index contributed by atoms with van der Waals surface area (Å²) in [6, 6.07) is 0. The van der Waals surface area contributed by atoms with Crippen molar-refractivity contribution in [2.24, 2.45) is 5.73 Å². The van der Waals surface area contributed by atoms with E-state index in [0.717, 1.165) is 5.88 Å². The fraction of sp³-hybridized carbons (Fsp3) is 0.778. The van der Waals surface area contributed by atoms with Crippen LogP contribution in [0, 0.1) is 0 Å². The van der Waals surface area contributed by atoms with Crippen molar-refractivity contribution in [3.8, 4) is 0 Å². The Morgan fingerprint density at radius 3 is 2.09 bits per heavy atom. The Labute approximate surface area is 75.6 Å². The first-order valence-corrected chi connectivity index (χ1v) is 4.74. The molecule has 0 rings (SSSR count). The lowest BCUT2D eigenvalue weighted by Crippen LogP contribution is -1.90. The Balaban J connectivity index is 0. The van der Waals surface area contributed by atoms with Crippen molar-refractivity contribution in [1.29, 1.82) is 0 Å². The lowest BCUT2D eigenvalue weighted by molar-refractivity contribution is 0.776. The molecule has 0 heterocycles. The maximum absolute atomic E-state index is 5.38. The van der Waals surface area contributed by atoms with Crippen molar-refractivity contribution < 1.29 is 0 Å². The normalized spacial score (nSPS) is 9.45. The average molecular weight is 178 g/mol. The van der Waals surface area contributed by atoms with Crippen LogP contribution in [0.1, 0.15) is 33.1 Å². The summed E-state index contributed by atoms with van der Waals surface area (Å²) in [5.74, 6) is 0.827. The van der Waals surface area contributed by atoms with E-state index >= 15 is 0 Å². The van der Waals surface area contributed by atoms with Gasteiger partial charge in [0.25, 0.3) is 0 Å². The van der Waals surface area contributed by atoms with Gasteiger partial charge >= 0.3 is 0 Å². The third-order valence-electron chi connectivity index (χ3n) is 1.11. The van der Waals surface area contributed by atoms with Crippen molar-refractivity contribution in [3.63, 3.8) is 0 Å². The van der Waals surface area contributed by atoms with Gasteiger partial charge in [0, 0.05) is 12.4 Å². The number of rotatable bonds is 4. The maximum Gasteiger partial charge on any atom is 0.0223 e. The molecular weight excluding hydrogens is 158 g/mol. The lowest BCUT2D eigenvalue weighted by Gasteiger charge is -1.84. The average Bonchev–Trinajstić information content (AvgIpc) is 2.04. The number of unbranched alkanes of at least 4 members (excludes halogenated alkanes) is 2. The van der Waals surface area contributed by atoms with E-state index < -0.39 is 0 Å². The minimum atomic E-state index is 0.663. The van der Waals surface area contributed by atoms with Crippen LogP contribution in [0.4, 0.5) is 0 Å². The van der Waals surface area contributed by atoms with Gasteiger partial charge in [-0.05, 0) is 13.3 Å². The van der Waals surface area contributed by atoms with Crippen LogP contribution in [0.15, 0.2) is 12.2 Å². The van der Waals surface area contributed by atoms with Crippen LogP contribution in [0.25, 0.3) is 0 Å². The number of alkyl halides is 1. The molecular formula is C9H20ClN. The van der Waals surface area contributed by atoms with Crippen molar-refractivity contribution in [3.05, 3.63) is 12.2 Å². The number of nitrogens with two attached hydrogens (primary N) is 1. The summed E-state index contributed by atoms with van der Waals surface area (Å²) >= 11 is 5.38. The minimum Gasteiger partial charge on any atom is -0.327 e. The first-order chi connectivity index (χ1) is 5.33. The fourth-order valence-corrected chi connectivity index (χ4v) is 0.670. The molecule has 0 unspecified atom stereocenters. The van der Waals surface area contributed by atoms with Crippen LogP contribution in [0.3, 0.4) is 0 Å². The van der Waals surface area contributed by atoms with Gasteiger partial charge in [0.05, 0.1) is 0 Å². The van der Waals surface area contributed by atoms with Gasteiger partial charge in [0.2, 0.25) is 0 Å². The van der Waals surface area contributed by atoms with Crippen LogP contribution in [-0.2, 0) is 0 Å². The van der Waals surface area contributed by atoms with Crippen molar-refractivity contribution in [2.45, 2.75) is 33.1 Å². The third-order valence-corrected chi connectivity index (χ3v) is 1.38. The molecule has 0 atom stereocenters. The van der Waals surface area contributed by atoms with Gasteiger partial charge in [0.15, 0.2) is 0 Å². The molecule has 0 aliphatic carbocycles. The molecule has 0 fully saturated rings. The summed E-state index contributed by atoms with van der Waals surface area (Å²) in [6.07, 6.45) is 7.56. The molecule has 0 amide bonds. The maximum atomic E-state index is 5.38. The SMILES string of the molecule is CC=CCN.CCCCCCl. The molecule has 0 aromatic heterocycles. The van der Waals surface area contributed by atoms with E-state index in [9.17, 15) is 0 Å². The molecule has 0 aliphatic rings. The Hall–Kier alpha value is -0.0100. The molecule has 0 spiro atoms. The van der Waals surface area contributed by atoms with Crippen LogP contribution < -0.4 is 5.73 Å². The summed E-state index contributed by atoms with van der Waals surface area (Å²) in [5, 5.41) is 0. The molecule has 2 N–H and O–H groups in total. The summed E-state index contributed by atoms with van der Waals surface area (Å²) < 4.78 is 0. The highest BCUT2D eigenvalue weighted by Crippen LogP contribution is 1.93. The van der Waals surface area contributed by atoms with Gasteiger partial charge in [-0.25, -0.2) is 0 Å². The van der Waals surface area contributed by atoms with Gasteiger partial charge in [-0.1, -0.05) is 31.9 Å². The smallest absolute Gasteiger partial charge is 0.0223 e. The van der Waals surface area contributed by atoms with Gasteiger partial charge in [-0.3, -0.25) is 0 Å². The molecule has 0 aromatic carbocycles. The van der Waals surface area contributed by atoms with E-state index in [1.807, 2.05) is 19.1 Å². The first-order valence-electron chi connectivity index (χ1n) is 4.20. The van der Waals surface area contributed by atoms with Crippen LogP contribution in [0.2, 0.25) is 0 Å². The molecule has 0 saturated carbocycles. The van der Waals surface area contributed by atoms with Crippen molar-refractivity contribution in [1.82, 2.24) is 0 Å². The predicted molar refractivity (Wildman–Crippen MR) is 54.1 cm³/mol. The largest absolute Gasteiger partial charge is 0.327 e. The summed E-state index contributed by atoms with van der Waals surface area (Å²) in [5.41, 5.74) is 5.05. The lowest BCUT2D eigenvalue weighted by atomic mass is 10.3. The quantitative estimate of drug-likeness (QED) is 0.399. The number of hydrogen-bond acceptors (Lipinski definition) is 1. The van der Waals surface area contributed by atoms with Crippen LogP contribution >= 0.6 is 11.6 Å². The second-order valence-electron chi connectivity index (χ2n) is 2.20. The van der Waals surface area contributed by atoms with Gasteiger partial charge in [0.1, 0.15) is 0 Å². The first kappa shape index (κ1) is 13.6. The summed E-state index contributed by atoms with van der Waals surface area (Å²) in [7, 11) is 0. The fourth-order valence-electron chi connectivity index (χ4n) is 0.481. The number of allylic oxidation sites excluding steroid dienone is 1. The predicted octanol–water partition coefficient (Wildman–Crippen LogP) is 2.94. The summed E-state index contributed by atoms with van der Waals surface area (Å²) in [4.78, 5) is 0. The van der Waals surface area contributed by atoms with E-state index in [1.165, 1.54) is 19.3 Å². The Kier molecular flexibility index (Phi) is 20.4. The second kappa shape index (κ2) is 16.5. The highest BCUT2D eigenvalue weighted by Gasteiger charge is 1.76.